The Morgan fingerprint density at radius 3 is 2.35 bits per heavy atom. The predicted molar refractivity (Wildman–Crippen MR) is 167 cm³/mol. The minimum absolute atomic E-state index is 0.000536. The van der Waals surface area contributed by atoms with Crippen LogP contribution >= 0.6 is 0 Å². The third kappa shape index (κ3) is 9.06. The summed E-state index contributed by atoms with van der Waals surface area (Å²) in [5.41, 5.74) is -3.07. The van der Waals surface area contributed by atoms with Crippen LogP contribution in [0.5, 0.6) is 0 Å². The first-order chi connectivity index (χ1) is 22.5. The number of benzene rings is 1. The molecule has 12 nitrogen and oxygen atoms in total. The smallest absolute Gasteiger partial charge is 0.419 e. The molecule has 1 aromatic carbocycles. The maximum absolute atomic E-state index is 15.2. The van der Waals surface area contributed by atoms with Crippen LogP contribution in [0.4, 0.5) is 29.2 Å². The number of aliphatic hydroxyl groups is 1. The van der Waals surface area contributed by atoms with E-state index in [1.165, 1.54) is 37.0 Å². The number of rotatable bonds is 11. The Bertz CT molecular complexity index is 1710. The van der Waals surface area contributed by atoms with Gasteiger partial charge in [0.05, 0.1) is 40.5 Å². The van der Waals surface area contributed by atoms with Crippen LogP contribution in [0.25, 0.3) is 11.3 Å². The second-order valence-electron chi connectivity index (χ2n) is 13.2. The molecule has 4 N–H and O–H groups in total. The summed E-state index contributed by atoms with van der Waals surface area (Å²) in [6, 6.07) is 2.84. The molecule has 0 bridgehead atoms. The summed E-state index contributed by atoms with van der Waals surface area (Å²) >= 11 is 0. The highest BCUT2D eigenvalue weighted by Crippen LogP contribution is 2.36. The van der Waals surface area contributed by atoms with Gasteiger partial charge in [0.1, 0.15) is 11.4 Å². The lowest BCUT2D eigenvalue weighted by atomic mass is 9.85. The second-order valence-corrected chi connectivity index (χ2v) is 14.9. The van der Waals surface area contributed by atoms with Gasteiger partial charge in [0.2, 0.25) is 16.0 Å². The SMILES string of the molecule is CC(C)(O)Cn1cc(-c2nc(Nc3ccc(S(=O)(=O)NC4CCC(CN5CCC(C(=O)O)CC5)CC4)cc3F)ncc2C(F)(F)F)cn1. The van der Waals surface area contributed by atoms with Gasteiger partial charge in [0, 0.05) is 30.5 Å². The van der Waals surface area contributed by atoms with Crippen molar-refractivity contribution in [3.8, 4) is 11.3 Å². The number of hydrogen-bond donors (Lipinski definition) is 4. The van der Waals surface area contributed by atoms with Gasteiger partial charge in [-0.15, -0.1) is 0 Å². The largest absolute Gasteiger partial charge is 0.481 e. The molecule has 2 aliphatic rings. The molecule has 48 heavy (non-hydrogen) atoms. The summed E-state index contributed by atoms with van der Waals surface area (Å²) in [6.07, 6.45) is 2.32. The van der Waals surface area contributed by atoms with Crippen molar-refractivity contribution in [1.82, 2.24) is 29.4 Å². The number of carbonyl (C=O) groups is 1. The van der Waals surface area contributed by atoms with Crippen LogP contribution in [0, 0.1) is 17.7 Å². The van der Waals surface area contributed by atoms with E-state index in [1.54, 1.807) is 0 Å². The van der Waals surface area contributed by atoms with E-state index in [9.17, 15) is 36.6 Å². The fourth-order valence-electron chi connectivity index (χ4n) is 6.20. The number of piperidine rings is 1. The van der Waals surface area contributed by atoms with E-state index in [0.29, 0.717) is 37.8 Å². The second kappa shape index (κ2) is 14.1. The minimum atomic E-state index is -4.81. The number of nitrogens with zero attached hydrogens (tertiary/aromatic N) is 5. The molecular weight excluding hydrogens is 658 g/mol. The zero-order chi connectivity index (χ0) is 34.9. The van der Waals surface area contributed by atoms with Crippen LogP contribution in [0.15, 0.2) is 41.7 Å². The van der Waals surface area contributed by atoms with E-state index < -0.39 is 44.8 Å². The molecule has 1 aliphatic carbocycles. The van der Waals surface area contributed by atoms with Crippen molar-refractivity contribution in [2.45, 2.75) is 81.6 Å². The standard InChI is InChI=1S/C31H39F4N7O5S/c1-30(2,45)18-42-17-21(14-37-42)27-24(31(33,34)35)15-36-29(39-27)38-26-8-7-23(13-25(26)32)48(46,47)40-22-5-3-19(4-6-22)16-41-11-9-20(10-12-41)28(43)44/h7-8,13-15,17,19-20,22,40,45H,3-6,9-12,16,18H2,1-2H3,(H,43,44)(H,36,38,39). The van der Waals surface area contributed by atoms with Crippen molar-refractivity contribution in [2.24, 2.45) is 11.8 Å². The Morgan fingerprint density at radius 1 is 1.06 bits per heavy atom. The van der Waals surface area contributed by atoms with E-state index in [2.05, 4.69) is 30.0 Å². The first-order valence-corrected chi connectivity index (χ1v) is 17.2. The Hall–Kier alpha value is -3.67. The lowest BCUT2D eigenvalue weighted by Crippen LogP contribution is -2.42. The van der Waals surface area contributed by atoms with Crippen molar-refractivity contribution in [3.63, 3.8) is 0 Å². The molecule has 2 fully saturated rings. The van der Waals surface area contributed by atoms with Gasteiger partial charge in [-0.25, -0.2) is 27.5 Å². The Morgan fingerprint density at radius 2 is 1.75 bits per heavy atom. The van der Waals surface area contributed by atoms with Gasteiger partial charge in [-0.2, -0.15) is 18.3 Å². The Kier molecular flexibility index (Phi) is 10.4. The van der Waals surface area contributed by atoms with Crippen LogP contribution < -0.4 is 10.0 Å². The van der Waals surface area contributed by atoms with Crippen LogP contribution in [0.3, 0.4) is 0 Å². The highest BCUT2D eigenvalue weighted by molar-refractivity contribution is 7.89. The van der Waals surface area contributed by atoms with Crippen LogP contribution in [0.1, 0.15) is 57.9 Å². The van der Waals surface area contributed by atoms with E-state index >= 15 is 4.39 Å². The quantitative estimate of drug-likeness (QED) is 0.208. The summed E-state index contributed by atoms with van der Waals surface area (Å²) in [5, 5.41) is 25.8. The molecule has 1 saturated carbocycles. The third-order valence-corrected chi connectivity index (χ3v) is 10.2. The van der Waals surface area contributed by atoms with Crippen LogP contribution in [-0.4, -0.2) is 80.5 Å². The highest BCUT2D eigenvalue weighted by Gasteiger charge is 2.36. The Balaban J connectivity index is 1.21. The van der Waals surface area contributed by atoms with Gasteiger partial charge in [0.25, 0.3) is 0 Å². The molecule has 5 rings (SSSR count). The number of anilines is 2. The van der Waals surface area contributed by atoms with E-state index in [0.717, 1.165) is 44.6 Å². The average molecular weight is 698 g/mol. The topological polar surface area (TPSA) is 163 Å². The lowest BCUT2D eigenvalue weighted by molar-refractivity contribution is -0.143. The highest BCUT2D eigenvalue weighted by atomic mass is 32.2. The van der Waals surface area contributed by atoms with Gasteiger partial charge in [-0.3, -0.25) is 9.48 Å². The summed E-state index contributed by atoms with van der Waals surface area (Å²) in [6.45, 7) is 5.38. The van der Waals surface area contributed by atoms with Crippen LogP contribution in [0.2, 0.25) is 0 Å². The fourth-order valence-corrected chi connectivity index (χ4v) is 7.52. The summed E-state index contributed by atoms with van der Waals surface area (Å²) in [4.78, 5) is 20.8. The number of sulfonamides is 1. The van der Waals surface area contributed by atoms with Gasteiger partial charge in [-0.05, 0) is 89.6 Å². The van der Waals surface area contributed by atoms with Crippen LogP contribution in [-0.2, 0) is 27.5 Å². The van der Waals surface area contributed by atoms with Gasteiger partial charge in [-0.1, -0.05) is 0 Å². The van der Waals surface area contributed by atoms with E-state index in [4.69, 9.17) is 0 Å². The fraction of sp³-hybridized carbons (Fsp3) is 0.548. The van der Waals surface area contributed by atoms with Crippen molar-refractivity contribution < 1.29 is 41.0 Å². The Labute approximate surface area is 275 Å². The number of aliphatic carboxylic acids is 1. The maximum Gasteiger partial charge on any atom is 0.419 e. The third-order valence-electron chi connectivity index (χ3n) is 8.67. The predicted octanol–water partition coefficient (Wildman–Crippen LogP) is 4.65. The molecule has 3 aromatic rings. The molecule has 0 radical (unpaired) electrons. The summed E-state index contributed by atoms with van der Waals surface area (Å²) < 4.78 is 86.7. The summed E-state index contributed by atoms with van der Waals surface area (Å²) in [5.74, 6) is -1.99. The minimum Gasteiger partial charge on any atom is -0.481 e. The molecule has 17 heteroatoms. The molecular formula is C31H39F4N7O5S. The zero-order valence-electron chi connectivity index (χ0n) is 26.5. The normalized spacial score (nSPS) is 20.1. The van der Waals surface area contributed by atoms with Gasteiger partial charge >= 0.3 is 12.1 Å². The number of hydrogen-bond acceptors (Lipinski definition) is 9. The first-order valence-electron chi connectivity index (χ1n) is 15.7. The molecule has 0 unspecified atom stereocenters. The average Bonchev–Trinajstić information content (AvgIpc) is 3.45. The lowest BCUT2D eigenvalue weighted by Gasteiger charge is -2.35. The van der Waals surface area contributed by atoms with E-state index in [-0.39, 0.29) is 40.6 Å². The molecule has 1 saturated heterocycles. The molecule has 0 amide bonds. The maximum atomic E-state index is 15.2. The first kappa shape index (κ1) is 35.6. The molecule has 3 heterocycles. The van der Waals surface area contributed by atoms with Crippen molar-refractivity contribution in [3.05, 3.63) is 48.2 Å². The van der Waals surface area contributed by atoms with Gasteiger partial charge < -0.3 is 20.4 Å². The number of aromatic nitrogens is 4. The number of carboxylic acids is 1. The molecule has 1 aliphatic heterocycles. The molecule has 262 valence electrons. The zero-order valence-corrected chi connectivity index (χ0v) is 27.4. The molecule has 0 spiro atoms. The van der Waals surface area contributed by atoms with E-state index in [1.807, 2.05) is 0 Å². The molecule has 0 atom stereocenters. The van der Waals surface area contributed by atoms with Crippen molar-refractivity contribution >= 4 is 27.6 Å². The summed E-state index contributed by atoms with van der Waals surface area (Å²) in [7, 11) is -4.07. The van der Waals surface area contributed by atoms with Crippen molar-refractivity contribution in [1.29, 1.82) is 0 Å². The monoisotopic (exact) mass is 697 g/mol. The van der Waals surface area contributed by atoms with Crippen molar-refractivity contribution in [2.75, 3.05) is 25.0 Å². The van der Waals surface area contributed by atoms with Gasteiger partial charge in [0.15, 0.2) is 0 Å². The number of halogens is 4. The number of alkyl halides is 3. The number of nitrogens with one attached hydrogen (secondary N) is 2. The molecule has 2 aromatic heterocycles. The number of likely N-dealkylation sites (tertiary alicyclic amines) is 1. The number of carboxylic acid groups (broad SMARTS) is 1.